The number of Topliss-reactive ketones (excluding diaryl/α,β-unsaturated/α-hetero) is 1. The van der Waals surface area contributed by atoms with Gasteiger partial charge in [-0.3, -0.25) is 9.36 Å². The average molecular weight is 383 g/mol. The number of rotatable bonds is 7. The predicted octanol–water partition coefficient (Wildman–Crippen LogP) is 3.47. The molecule has 1 aliphatic heterocycles. The molecule has 1 aliphatic rings. The number of carbonyl (C=O) groups is 1. The smallest absolute Gasteiger partial charge is 0.200 e. The molecule has 0 bridgehead atoms. The van der Waals surface area contributed by atoms with Crippen molar-refractivity contribution < 1.29 is 18.7 Å². The molecule has 0 spiro atoms. The van der Waals surface area contributed by atoms with Crippen LogP contribution in [-0.4, -0.2) is 39.5 Å². The molecule has 4 rings (SSSR count). The van der Waals surface area contributed by atoms with Gasteiger partial charge >= 0.3 is 0 Å². The molecule has 0 N–H and O–H groups in total. The zero-order chi connectivity index (χ0) is 18.6. The van der Waals surface area contributed by atoms with Crippen LogP contribution in [-0.2, 0) is 6.54 Å². The van der Waals surface area contributed by atoms with E-state index in [-0.39, 0.29) is 11.5 Å². The summed E-state index contributed by atoms with van der Waals surface area (Å²) in [5.74, 6) is 2.70. The Hall–Kier alpha value is -3.00. The van der Waals surface area contributed by atoms with Crippen LogP contribution in [0, 0.1) is 0 Å². The first-order valence-electron chi connectivity index (χ1n) is 8.40. The van der Waals surface area contributed by atoms with Crippen molar-refractivity contribution in [3.63, 3.8) is 0 Å². The maximum absolute atomic E-state index is 12.6. The zero-order valence-electron chi connectivity index (χ0n) is 14.5. The van der Waals surface area contributed by atoms with Crippen molar-refractivity contribution in [2.24, 2.45) is 0 Å². The number of aromatic nitrogens is 3. The molecule has 0 saturated carbocycles. The number of fused-ring (bicyclic) bond motifs is 1. The summed E-state index contributed by atoms with van der Waals surface area (Å²) in [6.45, 7) is 5.30. The lowest BCUT2D eigenvalue weighted by Gasteiger charge is -2.18. The minimum atomic E-state index is -0.0234. The Kier molecular flexibility index (Phi) is 4.97. The van der Waals surface area contributed by atoms with Gasteiger partial charge in [0.1, 0.15) is 13.2 Å². The van der Waals surface area contributed by atoms with Crippen molar-refractivity contribution >= 4 is 17.5 Å². The topological polar surface area (TPSA) is 79.4 Å². The molecule has 7 nitrogen and oxygen atoms in total. The summed E-state index contributed by atoms with van der Waals surface area (Å²) in [4.78, 5) is 12.6. The van der Waals surface area contributed by atoms with Crippen LogP contribution in [0.2, 0.25) is 0 Å². The molecule has 3 heterocycles. The fourth-order valence-electron chi connectivity index (χ4n) is 2.71. The molecule has 8 heteroatoms. The molecular weight excluding hydrogens is 366 g/mol. The highest BCUT2D eigenvalue weighted by Gasteiger charge is 2.18. The Morgan fingerprint density at radius 3 is 2.85 bits per heavy atom. The van der Waals surface area contributed by atoms with Crippen molar-refractivity contribution in [1.29, 1.82) is 0 Å². The predicted molar refractivity (Wildman–Crippen MR) is 100 cm³/mol. The largest absolute Gasteiger partial charge is 0.486 e. The minimum Gasteiger partial charge on any atom is -0.486 e. The van der Waals surface area contributed by atoms with E-state index < -0.39 is 0 Å². The van der Waals surface area contributed by atoms with Crippen LogP contribution in [0.25, 0.3) is 11.6 Å². The number of ether oxygens (including phenoxy) is 2. The fraction of sp³-hybridized carbons (Fsp3) is 0.211. The van der Waals surface area contributed by atoms with E-state index in [9.17, 15) is 4.79 Å². The van der Waals surface area contributed by atoms with Gasteiger partial charge in [-0.05, 0) is 30.3 Å². The van der Waals surface area contributed by atoms with Crippen LogP contribution >= 0.6 is 11.8 Å². The van der Waals surface area contributed by atoms with Crippen molar-refractivity contribution in [1.82, 2.24) is 14.8 Å². The number of hydrogen-bond acceptors (Lipinski definition) is 7. The summed E-state index contributed by atoms with van der Waals surface area (Å²) in [7, 11) is 0. The molecule has 0 amide bonds. The molecule has 27 heavy (non-hydrogen) atoms. The van der Waals surface area contributed by atoms with Crippen LogP contribution in [0.4, 0.5) is 0 Å². The van der Waals surface area contributed by atoms with E-state index in [1.165, 1.54) is 11.8 Å². The summed E-state index contributed by atoms with van der Waals surface area (Å²) >= 11 is 1.32. The number of hydrogen-bond donors (Lipinski definition) is 0. The zero-order valence-corrected chi connectivity index (χ0v) is 15.3. The monoisotopic (exact) mass is 383 g/mol. The van der Waals surface area contributed by atoms with Crippen LogP contribution < -0.4 is 9.47 Å². The Labute approximate surface area is 160 Å². The molecule has 138 valence electrons. The normalized spacial score (nSPS) is 12.7. The third kappa shape index (κ3) is 3.61. The molecule has 1 aromatic carbocycles. The van der Waals surface area contributed by atoms with E-state index in [2.05, 4.69) is 16.8 Å². The molecule has 0 aliphatic carbocycles. The average Bonchev–Trinajstić information content (AvgIpc) is 3.36. The van der Waals surface area contributed by atoms with Gasteiger partial charge in [-0.15, -0.1) is 16.8 Å². The molecule has 3 aromatic rings. The van der Waals surface area contributed by atoms with Gasteiger partial charge in [-0.2, -0.15) is 0 Å². The molecule has 2 aromatic heterocycles. The first kappa shape index (κ1) is 17.4. The van der Waals surface area contributed by atoms with Gasteiger partial charge in [0.15, 0.2) is 28.2 Å². The van der Waals surface area contributed by atoms with Crippen LogP contribution in [0.3, 0.4) is 0 Å². The quantitative estimate of drug-likeness (QED) is 0.351. The van der Waals surface area contributed by atoms with E-state index in [0.717, 1.165) is 0 Å². The van der Waals surface area contributed by atoms with Gasteiger partial charge in [0.2, 0.25) is 5.82 Å². The first-order chi connectivity index (χ1) is 13.3. The Balaban J connectivity index is 1.50. The van der Waals surface area contributed by atoms with Crippen molar-refractivity contribution in [3.8, 4) is 23.1 Å². The number of carbonyl (C=O) groups excluding carboxylic acids is 1. The lowest BCUT2D eigenvalue weighted by molar-refractivity contribution is 0.102. The lowest BCUT2D eigenvalue weighted by atomic mass is 10.1. The minimum absolute atomic E-state index is 0.0234. The number of thioether (sulfide) groups is 1. The highest BCUT2D eigenvalue weighted by molar-refractivity contribution is 7.99. The molecule has 0 saturated heterocycles. The highest BCUT2D eigenvalue weighted by atomic mass is 32.2. The summed E-state index contributed by atoms with van der Waals surface area (Å²) < 4.78 is 18.3. The molecule has 0 fully saturated rings. The number of benzene rings is 1. The first-order valence-corrected chi connectivity index (χ1v) is 9.38. The summed E-state index contributed by atoms with van der Waals surface area (Å²) in [6, 6.07) is 8.85. The van der Waals surface area contributed by atoms with Crippen LogP contribution in [0.1, 0.15) is 10.4 Å². The van der Waals surface area contributed by atoms with Crippen LogP contribution in [0.5, 0.6) is 11.5 Å². The number of allylic oxidation sites excluding steroid dienone is 1. The summed E-state index contributed by atoms with van der Waals surface area (Å²) in [5, 5.41) is 9.02. The van der Waals surface area contributed by atoms with Gasteiger partial charge in [0, 0.05) is 12.1 Å². The molecular formula is C19H17N3O4S. The molecule has 0 radical (unpaired) electrons. The van der Waals surface area contributed by atoms with Crippen molar-refractivity contribution in [2.45, 2.75) is 11.7 Å². The Bertz CT molecular complexity index is 966. The van der Waals surface area contributed by atoms with Crippen LogP contribution in [0.15, 0.2) is 58.8 Å². The Morgan fingerprint density at radius 1 is 1.22 bits per heavy atom. The SMILES string of the molecule is C=CCn1c(SCC(=O)c2ccc3c(c2)OCCO3)nnc1-c1ccco1. The molecule has 0 unspecified atom stereocenters. The second kappa shape index (κ2) is 7.71. The van der Waals surface area contributed by atoms with Gasteiger partial charge in [-0.1, -0.05) is 17.8 Å². The lowest BCUT2D eigenvalue weighted by Crippen LogP contribution is -2.16. The van der Waals surface area contributed by atoms with Gasteiger partial charge in [-0.25, -0.2) is 0 Å². The second-order valence-corrected chi connectivity index (χ2v) is 6.70. The van der Waals surface area contributed by atoms with Gasteiger partial charge < -0.3 is 13.9 Å². The van der Waals surface area contributed by atoms with Crippen molar-refractivity contribution in [3.05, 3.63) is 54.8 Å². The van der Waals surface area contributed by atoms with Crippen molar-refractivity contribution in [2.75, 3.05) is 19.0 Å². The van der Waals surface area contributed by atoms with Gasteiger partial charge in [0.05, 0.1) is 12.0 Å². The third-order valence-corrected chi connectivity index (χ3v) is 4.93. The maximum Gasteiger partial charge on any atom is 0.200 e. The number of furan rings is 1. The standard InChI is InChI=1S/C19H17N3O4S/c1-2-7-22-18(16-4-3-8-24-16)20-21-19(22)27-12-14(23)13-5-6-15-17(11-13)26-10-9-25-15/h2-6,8,11H,1,7,9-10,12H2. The Morgan fingerprint density at radius 2 is 2.07 bits per heavy atom. The third-order valence-electron chi connectivity index (χ3n) is 3.97. The van der Waals surface area contributed by atoms with E-state index in [4.69, 9.17) is 13.9 Å². The number of ketones is 1. The van der Waals surface area contributed by atoms with E-state index in [0.29, 0.717) is 53.6 Å². The number of nitrogens with zero attached hydrogens (tertiary/aromatic N) is 3. The molecule has 0 atom stereocenters. The highest BCUT2D eigenvalue weighted by Crippen LogP contribution is 2.31. The second-order valence-electron chi connectivity index (χ2n) is 5.75. The maximum atomic E-state index is 12.6. The van der Waals surface area contributed by atoms with E-state index in [1.807, 2.05) is 10.6 Å². The fourth-order valence-corrected chi connectivity index (χ4v) is 3.55. The van der Waals surface area contributed by atoms with Gasteiger partial charge in [0.25, 0.3) is 0 Å². The van der Waals surface area contributed by atoms with E-state index >= 15 is 0 Å². The summed E-state index contributed by atoms with van der Waals surface area (Å²) in [5.41, 5.74) is 0.577. The van der Waals surface area contributed by atoms with E-state index in [1.54, 1.807) is 36.6 Å². The summed E-state index contributed by atoms with van der Waals surface area (Å²) in [6.07, 6.45) is 3.34.